The number of nitrogens with zero attached hydrogens (tertiary/aromatic N) is 3. The molecular formula is C23H35N5O5S. The van der Waals surface area contributed by atoms with Crippen molar-refractivity contribution in [2.45, 2.75) is 38.5 Å². The summed E-state index contributed by atoms with van der Waals surface area (Å²) in [6.07, 6.45) is 5.22. The number of piperidine rings is 1. The summed E-state index contributed by atoms with van der Waals surface area (Å²) in [6, 6.07) is 0. The topological polar surface area (TPSA) is 119 Å². The van der Waals surface area contributed by atoms with Gasteiger partial charge in [0.25, 0.3) is 5.91 Å². The Morgan fingerprint density at radius 3 is 2.71 bits per heavy atom. The van der Waals surface area contributed by atoms with Crippen LogP contribution < -0.4 is 5.32 Å². The quantitative estimate of drug-likeness (QED) is 0.386. The lowest BCUT2D eigenvalue weighted by Crippen LogP contribution is -2.40. The highest BCUT2D eigenvalue weighted by Crippen LogP contribution is 2.30. The summed E-state index contributed by atoms with van der Waals surface area (Å²) in [5.74, 6) is 0.136. The molecule has 2 aromatic rings. The molecule has 2 amide bonds. The number of amides is 2. The van der Waals surface area contributed by atoms with E-state index in [2.05, 4.69) is 20.5 Å². The minimum Gasteiger partial charge on any atom is -0.382 e. The maximum absolute atomic E-state index is 12.4. The van der Waals surface area contributed by atoms with Gasteiger partial charge in [0.2, 0.25) is 5.91 Å². The van der Waals surface area contributed by atoms with Crippen molar-refractivity contribution in [3.63, 3.8) is 0 Å². The number of thiazole rings is 1. The number of hydrogen-bond acceptors (Lipinski definition) is 8. The molecule has 0 aromatic carbocycles. The average molecular weight is 494 g/mol. The molecule has 1 aliphatic rings. The third kappa shape index (κ3) is 8.15. The van der Waals surface area contributed by atoms with E-state index >= 15 is 0 Å². The molecule has 0 unspecified atom stereocenters. The standard InChI is InChI=1S/C23H35N5O5S/c1-17-19(14-25-27-17)4-3-7-24-22(30)20-16-34-23(26-20)18-5-8-28(9-6-18)21(29)15-33-13-12-32-11-10-31-2/h14,16,18H,3-13,15H2,1-2H3,(H,24,30)(H,25,27). The summed E-state index contributed by atoms with van der Waals surface area (Å²) >= 11 is 1.52. The second-order valence-corrected chi connectivity index (χ2v) is 9.15. The molecule has 2 aromatic heterocycles. The van der Waals surface area contributed by atoms with Gasteiger partial charge in [0.15, 0.2) is 0 Å². The van der Waals surface area contributed by atoms with Gasteiger partial charge in [0, 0.05) is 43.7 Å². The Labute approximate surface area is 204 Å². The van der Waals surface area contributed by atoms with Crippen molar-refractivity contribution in [2.24, 2.45) is 0 Å². The number of aromatic amines is 1. The van der Waals surface area contributed by atoms with Crippen LogP contribution in [0.1, 0.15) is 51.9 Å². The molecule has 1 aliphatic heterocycles. The summed E-state index contributed by atoms with van der Waals surface area (Å²) in [7, 11) is 1.62. The van der Waals surface area contributed by atoms with E-state index in [9.17, 15) is 9.59 Å². The van der Waals surface area contributed by atoms with E-state index in [-0.39, 0.29) is 24.3 Å². The van der Waals surface area contributed by atoms with Gasteiger partial charge in [-0.3, -0.25) is 14.7 Å². The third-order valence-electron chi connectivity index (χ3n) is 5.82. The monoisotopic (exact) mass is 493 g/mol. The molecule has 3 heterocycles. The van der Waals surface area contributed by atoms with E-state index in [0.29, 0.717) is 51.8 Å². The normalized spacial score (nSPS) is 14.5. The van der Waals surface area contributed by atoms with Gasteiger partial charge in [0.05, 0.1) is 37.6 Å². The number of H-pyrrole nitrogens is 1. The average Bonchev–Trinajstić information content (AvgIpc) is 3.50. The van der Waals surface area contributed by atoms with Crippen molar-refractivity contribution in [1.29, 1.82) is 0 Å². The fourth-order valence-corrected chi connectivity index (χ4v) is 4.74. The number of rotatable bonds is 14. The molecule has 10 nitrogen and oxygen atoms in total. The fourth-order valence-electron chi connectivity index (χ4n) is 3.77. The van der Waals surface area contributed by atoms with Crippen LogP contribution in [0.15, 0.2) is 11.6 Å². The summed E-state index contributed by atoms with van der Waals surface area (Å²) < 4.78 is 15.6. The zero-order valence-corrected chi connectivity index (χ0v) is 20.8. The number of ether oxygens (including phenoxy) is 3. The summed E-state index contributed by atoms with van der Waals surface area (Å²) in [5.41, 5.74) is 2.71. The molecule has 0 saturated carbocycles. The van der Waals surface area contributed by atoms with Crippen molar-refractivity contribution in [3.05, 3.63) is 33.5 Å². The first-order valence-corrected chi connectivity index (χ1v) is 12.6. The van der Waals surface area contributed by atoms with Crippen LogP contribution in [-0.2, 0) is 25.4 Å². The summed E-state index contributed by atoms with van der Waals surface area (Å²) in [5, 5.41) is 12.7. The molecule has 0 radical (unpaired) electrons. The smallest absolute Gasteiger partial charge is 0.270 e. The third-order valence-corrected chi connectivity index (χ3v) is 6.83. The van der Waals surface area contributed by atoms with Gasteiger partial charge in [-0.05, 0) is 38.2 Å². The van der Waals surface area contributed by atoms with Gasteiger partial charge in [-0.25, -0.2) is 4.98 Å². The molecule has 34 heavy (non-hydrogen) atoms. The van der Waals surface area contributed by atoms with Gasteiger partial charge in [-0.2, -0.15) is 5.10 Å². The minimum absolute atomic E-state index is 0.000149. The summed E-state index contributed by atoms with van der Waals surface area (Å²) in [4.78, 5) is 31.2. The molecule has 1 fully saturated rings. The molecule has 3 rings (SSSR count). The van der Waals surface area contributed by atoms with Crippen LogP contribution in [0.25, 0.3) is 0 Å². The second kappa shape index (κ2) is 14.1. The predicted molar refractivity (Wildman–Crippen MR) is 128 cm³/mol. The van der Waals surface area contributed by atoms with Crippen LogP contribution in [-0.4, -0.2) is 91.7 Å². The zero-order chi connectivity index (χ0) is 24.2. The summed E-state index contributed by atoms with van der Waals surface area (Å²) in [6.45, 7) is 5.91. The molecule has 188 valence electrons. The Bertz CT molecular complexity index is 894. The van der Waals surface area contributed by atoms with Crippen molar-refractivity contribution < 1.29 is 23.8 Å². The highest BCUT2D eigenvalue weighted by molar-refractivity contribution is 7.09. The van der Waals surface area contributed by atoms with E-state index in [1.54, 1.807) is 7.11 Å². The Morgan fingerprint density at radius 1 is 1.21 bits per heavy atom. The molecule has 0 aliphatic carbocycles. The lowest BCUT2D eigenvalue weighted by Gasteiger charge is -2.31. The Kier molecular flexibility index (Phi) is 10.9. The van der Waals surface area contributed by atoms with Crippen LogP contribution in [0.2, 0.25) is 0 Å². The molecule has 1 saturated heterocycles. The molecule has 2 N–H and O–H groups in total. The number of likely N-dealkylation sites (tertiary alicyclic amines) is 1. The number of aromatic nitrogens is 3. The first kappa shape index (κ1) is 26.3. The van der Waals surface area contributed by atoms with E-state index < -0.39 is 0 Å². The van der Waals surface area contributed by atoms with Crippen molar-refractivity contribution in [1.82, 2.24) is 25.4 Å². The first-order valence-electron chi connectivity index (χ1n) is 11.7. The largest absolute Gasteiger partial charge is 0.382 e. The van der Waals surface area contributed by atoms with E-state index in [1.165, 1.54) is 16.9 Å². The highest BCUT2D eigenvalue weighted by Gasteiger charge is 2.26. The SMILES string of the molecule is COCCOCCOCC(=O)N1CCC(c2nc(C(=O)NCCCc3cn[nH]c3C)cs2)CC1. The van der Waals surface area contributed by atoms with Crippen molar-refractivity contribution in [2.75, 3.05) is 59.8 Å². The van der Waals surface area contributed by atoms with Crippen LogP contribution in [0.3, 0.4) is 0 Å². The van der Waals surface area contributed by atoms with Gasteiger partial charge >= 0.3 is 0 Å². The molecular weight excluding hydrogens is 458 g/mol. The maximum atomic E-state index is 12.4. The van der Waals surface area contributed by atoms with Crippen LogP contribution in [0, 0.1) is 6.92 Å². The highest BCUT2D eigenvalue weighted by atomic mass is 32.1. The van der Waals surface area contributed by atoms with E-state index in [1.807, 2.05) is 23.4 Å². The van der Waals surface area contributed by atoms with Crippen LogP contribution in [0.4, 0.5) is 0 Å². The molecule has 0 spiro atoms. The van der Waals surface area contributed by atoms with Crippen LogP contribution in [0.5, 0.6) is 0 Å². The number of carbonyl (C=O) groups is 2. The van der Waals surface area contributed by atoms with Gasteiger partial charge in [-0.1, -0.05) is 0 Å². The number of carbonyl (C=O) groups excluding carboxylic acids is 2. The zero-order valence-electron chi connectivity index (χ0n) is 20.0. The van der Waals surface area contributed by atoms with Gasteiger partial charge in [0.1, 0.15) is 12.3 Å². The molecule has 11 heteroatoms. The van der Waals surface area contributed by atoms with Gasteiger partial charge in [-0.15, -0.1) is 11.3 Å². The Balaban J connectivity index is 1.31. The second-order valence-electron chi connectivity index (χ2n) is 8.26. The molecule has 0 atom stereocenters. The van der Waals surface area contributed by atoms with Gasteiger partial charge < -0.3 is 24.4 Å². The number of aryl methyl sites for hydroxylation is 2. The van der Waals surface area contributed by atoms with Crippen molar-refractivity contribution >= 4 is 23.2 Å². The predicted octanol–water partition coefficient (Wildman–Crippen LogP) is 1.92. The minimum atomic E-state index is -0.137. The number of methoxy groups -OCH3 is 1. The van der Waals surface area contributed by atoms with E-state index in [4.69, 9.17) is 14.2 Å². The number of nitrogens with one attached hydrogen (secondary N) is 2. The number of hydrogen-bond donors (Lipinski definition) is 2. The lowest BCUT2D eigenvalue weighted by molar-refractivity contribution is -0.137. The first-order chi connectivity index (χ1) is 16.6. The Morgan fingerprint density at radius 2 is 1.97 bits per heavy atom. The van der Waals surface area contributed by atoms with E-state index in [0.717, 1.165) is 36.4 Å². The maximum Gasteiger partial charge on any atom is 0.270 e. The van der Waals surface area contributed by atoms with Crippen LogP contribution >= 0.6 is 11.3 Å². The molecule has 0 bridgehead atoms. The Hall–Kier alpha value is -2.34. The van der Waals surface area contributed by atoms with Crippen molar-refractivity contribution in [3.8, 4) is 0 Å². The lowest BCUT2D eigenvalue weighted by atomic mass is 9.97. The fraction of sp³-hybridized carbons (Fsp3) is 0.652.